The second kappa shape index (κ2) is 10.2. The summed E-state index contributed by atoms with van der Waals surface area (Å²) in [6, 6.07) is 9.68. The topological polar surface area (TPSA) is 63.2 Å². The predicted molar refractivity (Wildman–Crippen MR) is 127 cm³/mol. The van der Waals surface area contributed by atoms with Gasteiger partial charge in [-0.25, -0.2) is 0 Å². The lowest BCUT2D eigenvalue weighted by atomic mass is 9.89. The molecule has 0 bridgehead atoms. The molecule has 0 saturated heterocycles. The van der Waals surface area contributed by atoms with E-state index in [1.807, 2.05) is 37.3 Å². The fourth-order valence-corrected chi connectivity index (χ4v) is 4.29. The van der Waals surface area contributed by atoms with Crippen LogP contribution in [0.3, 0.4) is 0 Å². The lowest BCUT2D eigenvalue weighted by Gasteiger charge is -2.36. The smallest absolute Gasteiger partial charge is 0.308 e. The summed E-state index contributed by atoms with van der Waals surface area (Å²) in [6.45, 7) is 9.15. The quantitative estimate of drug-likeness (QED) is 0.354. The summed E-state index contributed by atoms with van der Waals surface area (Å²) in [7, 11) is 0. The molecule has 1 unspecified atom stereocenters. The highest BCUT2D eigenvalue weighted by Gasteiger charge is 2.38. The van der Waals surface area contributed by atoms with Gasteiger partial charge in [0.05, 0.1) is 18.8 Å². The van der Waals surface area contributed by atoms with Crippen molar-refractivity contribution in [1.29, 1.82) is 0 Å². The molecule has 2 aliphatic rings. The van der Waals surface area contributed by atoms with Crippen LogP contribution in [0.2, 0.25) is 0 Å². The molecule has 0 aromatic heterocycles. The number of carbonyl (C=O) groups is 1. The Morgan fingerprint density at radius 3 is 2.61 bits per heavy atom. The average Bonchev–Trinajstić information content (AvgIpc) is 2.81. The standard InChI is InChI=1S/C27H32O6/c1-5-8-9-20-22(32-17(4)28)13-12-21-26(20)33-24-16-31-23-15-18(30-14-6-2)10-11-19(23)25(24)27(21)29-7-3/h10-13,15,24H,5-9,14,16H2,1-4H3. The van der Waals surface area contributed by atoms with E-state index in [1.54, 1.807) is 0 Å². The van der Waals surface area contributed by atoms with Gasteiger partial charge in [-0.15, -0.1) is 0 Å². The zero-order chi connectivity index (χ0) is 23.4. The number of rotatable bonds is 9. The Kier molecular flexibility index (Phi) is 7.11. The van der Waals surface area contributed by atoms with Crippen LogP contribution in [0.15, 0.2) is 30.3 Å². The molecule has 0 radical (unpaired) electrons. The first-order chi connectivity index (χ1) is 16.1. The molecule has 2 aliphatic heterocycles. The molecule has 2 heterocycles. The van der Waals surface area contributed by atoms with E-state index in [1.165, 1.54) is 6.92 Å². The number of hydrogen-bond acceptors (Lipinski definition) is 6. The van der Waals surface area contributed by atoms with Gasteiger partial charge in [-0.1, -0.05) is 20.3 Å². The molecule has 1 atom stereocenters. The lowest BCUT2D eigenvalue weighted by molar-refractivity contribution is -0.131. The molecule has 0 spiro atoms. The van der Waals surface area contributed by atoms with Gasteiger partial charge < -0.3 is 23.7 Å². The van der Waals surface area contributed by atoms with Crippen molar-refractivity contribution in [2.24, 2.45) is 0 Å². The lowest BCUT2D eigenvalue weighted by Crippen LogP contribution is -2.34. The molecule has 0 amide bonds. The molecule has 0 aliphatic carbocycles. The Morgan fingerprint density at radius 1 is 1.06 bits per heavy atom. The normalized spacial score (nSPS) is 16.1. The van der Waals surface area contributed by atoms with E-state index >= 15 is 0 Å². The summed E-state index contributed by atoms with van der Waals surface area (Å²) in [5.74, 6) is 3.26. The number of ether oxygens (including phenoxy) is 5. The molecule has 2 aromatic carbocycles. The van der Waals surface area contributed by atoms with Crippen LogP contribution in [0.4, 0.5) is 0 Å². The fourth-order valence-electron chi connectivity index (χ4n) is 4.29. The monoisotopic (exact) mass is 452 g/mol. The molecule has 176 valence electrons. The molecular weight excluding hydrogens is 420 g/mol. The Labute approximate surface area is 195 Å². The van der Waals surface area contributed by atoms with E-state index in [-0.39, 0.29) is 12.1 Å². The average molecular weight is 453 g/mol. The van der Waals surface area contributed by atoms with Gasteiger partial charge in [-0.2, -0.15) is 0 Å². The fraction of sp³-hybridized carbons (Fsp3) is 0.444. The number of unbranched alkanes of at least 4 members (excludes halogenated alkanes) is 1. The van der Waals surface area contributed by atoms with E-state index in [0.717, 1.165) is 65.2 Å². The van der Waals surface area contributed by atoms with Crippen molar-refractivity contribution >= 4 is 17.3 Å². The van der Waals surface area contributed by atoms with Crippen molar-refractivity contribution in [2.75, 3.05) is 19.8 Å². The van der Waals surface area contributed by atoms with Crippen molar-refractivity contribution in [3.8, 4) is 23.0 Å². The highest BCUT2D eigenvalue weighted by molar-refractivity contribution is 5.96. The molecule has 2 aromatic rings. The minimum absolute atomic E-state index is 0.318. The summed E-state index contributed by atoms with van der Waals surface area (Å²) in [5.41, 5.74) is 3.71. The van der Waals surface area contributed by atoms with Gasteiger partial charge >= 0.3 is 5.97 Å². The zero-order valence-corrected chi connectivity index (χ0v) is 19.9. The Bertz CT molecular complexity index is 1050. The first-order valence-electron chi connectivity index (χ1n) is 11.9. The number of carbonyl (C=O) groups excluding carboxylic acids is 1. The second-order valence-corrected chi connectivity index (χ2v) is 8.22. The van der Waals surface area contributed by atoms with Crippen molar-refractivity contribution in [2.45, 2.75) is 59.5 Å². The van der Waals surface area contributed by atoms with Crippen LogP contribution in [-0.4, -0.2) is 31.9 Å². The van der Waals surface area contributed by atoms with Gasteiger partial charge in [0.25, 0.3) is 0 Å². The van der Waals surface area contributed by atoms with Crippen LogP contribution in [-0.2, 0) is 16.0 Å². The van der Waals surface area contributed by atoms with Crippen LogP contribution in [0.1, 0.15) is 63.6 Å². The highest BCUT2D eigenvalue weighted by atomic mass is 16.6. The maximum Gasteiger partial charge on any atom is 0.308 e. The molecule has 6 nitrogen and oxygen atoms in total. The SMILES string of the molecule is CCCCc1c(OC(C)=O)ccc2c1OC1COc3cc(OCCC)ccc3C1=C2OCC. The summed E-state index contributed by atoms with van der Waals surface area (Å²) in [4.78, 5) is 11.7. The largest absolute Gasteiger partial charge is 0.493 e. The van der Waals surface area contributed by atoms with Crippen molar-refractivity contribution in [3.63, 3.8) is 0 Å². The van der Waals surface area contributed by atoms with Crippen molar-refractivity contribution < 1.29 is 28.5 Å². The van der Waals surface area contributed by atoms with Crippen LogP contribution in [0.25, 0.3) is 11.3 Å². The molecule has 0 fully saturated rings. The first kappa shape index (κ1) is 23.0. The summed E-state index contributed by atoms with van der Waals surface area (Å²) in [5, 5.41) is 0. The number of benzene rings is 2. The third kappa shape index (κ3) is 4.65. The van der Waals surface area contributed by atoms with Gasteiger partial charge in [0.2, 0.25) is 0 Å². The molecule has 0 saturated carbocycles. The van der Waals surface area contributed by atoms with Crippen LogP contribution in [0.5, 0.6) is 23.0 Å². The number of fused-ring (bicyclic) bond motifs is 4. The summed E-state index contributed by atoms with van der Waals surface area (Å²) < 4.78 is 30.1. The number of esters is 1. The Morgan fingerprint density at radius 2 is 1.88 bits per heavy atom. The highest BCUT2D eigenvalue weighted by Crippen LogP contribution is 2.49. The summed E-state index contributed by atoms with van der Waals surface area (Å²) in [6.07, 6.45) is 3.35. The van der Waals surface area contributed by atoms with E-state index < -0.39 is 0 Å². The van der Waals surface area contributed by atoms with E-state index in [2.05, 4.69) is 13.8 Å². The van der Waals surface area contributed by atoms with Crippen LogP contribution >= 0.6 is 0 Å². The third-order valence-electron chi connectivity index (χ3n) is 5.72. The molecular formula is C27H32O6. The van der Waals surface area contributed by atoms with Crippen LogP contribution in [0, 0.1) is 0 Å². The van der Waals surface area contributed by atoms with Crippen molar-refractivity contribution in [3.05, 3.63) is 47.0 Å². The Balaban J connectivity index is 1.84. The molecule has 0 N–H and O–H groups in total. The van der Waals surface area contributed by atoms with Gasteiger partial charge in [0.1, 0.15) is 35.4 Å². The first-order valence-corrected chi connectivity index (χ1v) is 11.9. The van der Waals surface area contributed by atoms with Crippen molar-refractivity contribution in [1.82, 2.24) is 0 Å². The van der Waals surface area contributed by atoms with Crippen LogP contribution < -0.4 is 18.9 Å². The van der Waals surface area contributed by atoms with Gasteiger partial charge in [0.15, 0.2) is 6.10 Å². The van der Waals surface area contributed by atoms with Gasteiger partial charge in [-0.3, -0.25) is 4.79 Å². The maximum absolute atomic E-state index is 11.7. The minimum Gasteiger partial charge on any atom is -0.493 e. The molecule has 4 rings (SSSR count). The molecule has 6 heteroatoms. The minimum atomic E-state index is -0.346. The predicted octanol–water partition coefficient (Wildman–Crippen LogP) is 5.80. The summed E-state index contributed by atoms with van der Waals surface area (Å²) >= 11 is 0. The zero-order valence-electron chi connectivity index (χ0n) is 19.9. The van der Waals surface area contributed by atoms with Gasteiger partial charge in [-0.05, 0) is 50.5 Å². The van der Waals surface area contributed by atoms with E-state index in [0.29, 0.717) is 31.3 Å². The Hall–Kier alpha value is -3.15. The van der Waals surface area contributed by atoms with E-state index in [9.17, 15) is 4.79 Å². The third-order valence-corrected chi connectivity index (χ3v) is 5.72. The molecule has 33 heavy (non-hydrogen) atoms. The second-order valence-electron chi connectivity index (χ2n) is 8.22. The maximum atomic E-state index is 11.7. The van der Waals surface area contributed by atoms with E-state index in [4.69, 9.17) is 23.7 Å². The number of hydrogen-bond donors (Lipinski definition) is 0. The van der Waals surface area contributed by atoms with Gasteiger partial charge in [0, 0.05) is 29.7 Å².